The maximum atomic E-state index is 9.79. The molecule has 6 nitrogen and oxygen atoms in total. The van der Waals surface area contributed by atoms with Crippen molar-refractivity contribution in [3.8, 4) is 0 Å². The summed E-state index contributed by atoms with van der Waals surface area (Å²) in [5.74, 6) is 0.391. The molecule has 2 rings (SSSR count). The molecule has 2 aromatic heterocycles. The van der Waals surface area contributed by atoms with Crippen LogP contribution in [0.2, 0.25) is 0 Å². The summed E-state index contributed by atoms with van der Waals surface area (Å²) >= 11 is 0. The Bertz CT molecular complexity index is 339. The van der Waals surface area contributed by atoms with E-state index in [-0.39, 0.29) is 0 Å². The molecule has 0 bridgehead atoms. The fraction of sp³-hybridized carbons (Fsp3) is 0. The van der Waals surface area contributed by atoms with Gasteiger partial charge in [-0.1, -0.05) is 0 Å². The molecule has 3 N–H and O–H groups in total. The Hall–Kier alpha value is -2.24. The van der Waals surface area contributed by atoms with Crippen LogP contribution in [-0.2, 0) is 0 Å². The highest BCUT2D eigenvalue weighted by atomic mass is 16.3. The lowest BCUT2D eigenvalue weighted by molar-refractivity contribution is 1.31. The van der Waals surface area contributed by atoms with Gasteiger partial charge in [0, 0.05) is 12.4 Å². The molecule has 72 valence electrons. The summed E-state index contributed by atoms with van der Waals surface area (Å²) in [5, 5.41) is 2.64. The highest BCUT2D eigenvalue weighted by Gasteiger charge is 1.88. The Morgan fingerprint density at radius 1 is 1.43 bits per heavy atom. The van der Waals surface area contributed by atoms with Gasteiger partial charge in [-0.3, -0.25) is 0 Å². The number of anilines is 1. The van der Waals surface area contributed by atoms with Crippen LogP contribution in [0, 0.1) is 4.91 Å². The lowest BCUT2D eigenvalue weighted by Gasteiger charge is -1.87. The highest BCUT2D eigenvalue weighted by molar-refractivity contribution is 5.39. The van der Waals surface area contributed by atoms with Crippen molar-refractivity contribution in [3.63, 3.8) is 0 Å². The van der Waals surface area contributed by atoms with E-state index in [0.29, 0.717) is 11.5 Å². The molecule has 0 aromatic carbocycles. The molecular formula is C8H9N5O. The minimum absolute atomic E-state index is 0.296. The summed E-state index contributed by atoms with van der Waals surface area (Å²) in [6.07, 6.45) is 6.41. The molecule has 6 heteroatoms. The first-order valence-electron chi connectivity index (χ1n) is 3.80. The second kappa shape index (κ2) is 5.41. The number of H-pyrrole nitrogens is 1. The lowest BCUT2D eigenvalue weighted by atomic mass is 10.4. The smallest absolute Gasteiger partial charge is 0.126 e. The third kappa shape index (κ3) is 3.44. The van der Waals surface area contributed by atoms with Crippen LogP contribution in [0.1, 0.15) is 0 Å². The zero-order chi connectivity index (χ0) is 10.2. The minimum atomic E-state index is 0.296. The number of nitrogens with one attached hydrogen (secondary N) is 1. The molecule has 0 saturated heterocycles. The van der Waals surface area contributed by atoms with E-state index in [4.69, 9.17) is 5.73 Å². The SMILES string of the molecule is Nc1ccc(N=O)cn1.c1c[nH]cn1. The van der Waals surface area contributed by atoms with Crippen LogP contribution in [0.3, 0.4) is 0 Å². The van der Waals surface area contributed by atoms with Crippen molar-refractivity contribution < 1.29 is 0 Å². The van der Waals surface area contributed by atoms with Gasteiger partial charge in [-0.2, -0.15) is 0 Å². The first-order chi connectivity index (χ1) is 6.83. The van der Waals surface area contributed by atoms with Crippen molar-refractivity contribution in [2.45, 2.75) is 0 Å². The summed E-state index contributed by atoms with van der Waals surface area (Å²) in [7, 11) is 0. The molecule has 0 aliphatic carbocycles. The molecule has 14 heavy (non-hydrogen) atoms. The Balaban J connectivity index is 0.000000165. The maximum absolute atomic E-state index is 9.79. The van der Waals surface area contributed by atoms with Crippen molar-refractivity contribution in [3.05, 3.63) is 42.0 Å². The van der Waals surface area contributed by atoms with Gasteiger partial charge in [-0.25, -0.2) is 9.97 Å². The molecule has 0 spiro atoms. The van der Waals surface area contributed by atoms with Crippen molar-refractivity contribution in [1.82, 2.24) is 15.0 Å². The van der Waals surface area contributed by atoms with Gasteiger partial charge >= 0.3 is 0 Å². The van der Waals surface area contributed by atoms with Crippen LogP contribution >= 0.6 is 0 Å². The molecule has 0 atom stereocenters. The van der Waals surface area contributed by atoms with Gasteiger partial charge in [0.1, 0.15) is 11.5 Å². The number of aromatic amines is 1. The van der Waals surface area contributed by atoms with Gasteiger partial charge in [0.25, 0.3) is 0 Å². The third-order valence-electron chi connectivity index (χ3n) is 1.28. The number of nitrogen functional groups attached to an aromatic ring is 1. The normalized spacial score (nSPS) is 8.57. The monoisotopic (exact) mass is 191 g/mol. The number of nitrogens with zero attached hydrogens (tertiary/aromatic N) is 3. The quantitative estimate of drug-likeness (QED) is 0.667. The first-order valence-corrected chi connectivity index (χ1v) is 3.80. The van der Waals surface area contributed by atoms with Crippen molar-refractivity contribution >= 4 is 11.5 Å². The molecule has 0 aliphatic heterocycles. The van der Waals surface area contributed by atoms with E-state index in [1.165, 1.54) is 18.3 Å². The van der Waals surface area contributed by atoms with Crippen molar-refractivity contribution in [2.24, 2.45) is 5.18 Å². The average Bonchev–Trinajstić information content (AvgIpc) is 2.77. The van der Waals surface area contributed by atoms with Crippen LogP contribution in [0.15, 0.2) is 42.2 Å². The van der Waals surface area contributed by atoms with E-state index in [9.17, 15) is 4.91 Å². The predicted octanol–water partition coefficient (Wildman–Crippen LogP) is 1.47. The summed E-state index contributed by atoms with van der Waals surface area (Å²) in [5.41, 5.74) is 5.52. The van der Waals surface area contributed by atoms with Gasteiger partial charge in [0.05, 0.1) is 12.5 Å². The fourth-order valence-corrected chi connectivity index (χ4v) is 0.667. The first kappa shape index (κ1) is 9.85. The molecule has 0 aliphatic rings. The Labute approximate surface area is 80.2 Å². The summed E-state index contributed by atoms with van der Waals surface area (Å²) in [4.78, 5) is 19.8. The number of nitrogens with two attached hydrogens (primary N) is 1. The predicted molar refractivity (Wildman–Crippen MR) is 52.7 cm³/mol. The van der Waals surface area contributed by atoms with Crippen LogP contribution in [0.4, 0.5) is 11.5 Å². The standard InChI is InChI=1S/C5H5N3O.C3H4N2/c6-5-2-1-4(8-9)3-7-5;1-2-5-3-4-1/h1-3H,(H2,6,7);1-3H,(H,4,5). The molecular weight excluding hydrogens is 182 g/mol. The minimum Gasteiger partial charge on any atom is -0.384 e. The molecule has 0 unspecified atom stereocenters. The lowest BCUT2D eigenvalue weighted by Crippen LogP contribution is -1.85. The van der Waals surface area contributed by atoms with E-state index in [2.05, 4.69) is 20.1 Å². The summed E-state index contributed by atoms with van der Waals surface area (Å²) in [6.45, 7) is 0. The number of aromatic nitrogens is 3. The molecule has 0 amide bonds. The van der Waals surface area contributed by atoms with Crippen LogP contribution in [-0.4, -0.2) is 15.0 Å². The van der Waals surface area contributed by atoms with E-state index < -0.39 is 0 Å². The average molecular weight is 191 g/mol. The number of hydrogen-bond donors (Lipinski definition) is 2. The van der Waals surface area contributed by atoms with Crippen LogP contribution in [0.25, 0.3) is 0 Å². The third-order valence-corrected chi connectivity index (χ3v) is 1.28. The molecule has 0 fully saturated rings. The second-order valence-electron chi connectivity index (χ2n) is 2.29. The van der Waals surface area contributed by atoms with Gasteiger partial charge in [0.2, 0.25) is 0 Å². The van der Waals surface area contributed by atoms with E-state index in [1.54, 1.807) is 18.7 Å². The van der Waals surface area contributed by atoms with Crippen LogP contribution in [0.5, 0.6) is 0 Å². The largest absolute Gasteiger partial charge is 0.384 e. The molecule has 0 saturated carbocycles. The number of hydrogen-bond acceptors (Lipinski definition) is 5. The van der Waals surface area contributed by atoms with Gasteiger partial charge in [-0.05, 0) is 17.3 Å². The molecule has 2 aromatic rings. The summed E-state index contributed by atoms with van der Waals surface area (Å²) in [6, 6.07) is 3.03. The Kier molecular flexibility index (Phi) is 3.81. The van der Waals surface area contributed by atoms with Crippen LogP contribution < -0.4 is 5.73 Å². The maximum Gasteiger partial charge on any atom is 0.126 e. The van der Waals surface area contributed by atoms with Crippen molar-refractivity contribution in [1.29, 1.82) is 0 Å². The van der Waals surface area contributed by atoms with Gasteiger partial charge in [0.15, 0.2) is 0 Å². The number of rotatable bonds is 1. The molecule has 0 radical (unpaired) electrons. The zero-order valence-corrected chi connectivity index (χ0v) is 7.29. The highest BCUT2D eigenvalue weighted by Crippen LogP contribution is 2.08. The van der Waals surface area contributed by atoms with Gasteiger partial charge in [-0.15, -0.1) is 4.91 Å². The topological polar surface area (TPSA) is 97.0 Å². The van der Waals surface area contributed by atoms with E-state index >= 15 is 0 Å². The fourth-order valence-electron chi connectivity index (χ4n) is 0.667. The summed E-state index contributed by atoms with van der Waals surface area (Å²) < 4.78 is 0. The zero-order valence-electron chi connectivity index (χ0n) is 7.29. The van der Waals surface area contributed by atoms with Crippen molar-refractivity contribution in [2.75, 3.05) is 5.73 Å². The number of imidazole rings is 1. The van der Waals surface area contributed by atoms with E-state index in [1.807, 2.05) is 0 Å². The van der Waals surface area contributed by atoms with E-state index in [0.717, 1.165) is 0 Å². The number of nitroso groups, excluding NO2 is 1. The Morgan fingerprint density at radius 3 is 2.64 bits per heavy atom. The second-order valence-corrected chi connectivity index (χ2v) is 2.29. The Morgan fingerprint density at radius 2 is 2.29 bits per heavy atom. The number of pyridine rings is 1. The molecule has 2 heterocycles. The van der Waals surface area contributed by atoms with Gasteiger partial charge < -0.3 is 10.7 Å².